The standard InChI is InChI=1S/C19H21N3O5/c23-14-10-19(27-15-5-2-1-4-13(14)15)6-3-8-21(9-7-19)17(25)12-22-16(24)11-20-18(22)26/h1-2,4-5H,3,6-12H2,(H,20,26). The Morgan fingerprint density at radius 1 is 1.15 bits per heavy atom. The van der Waals surface area contributed by atoms with Gasteiger partial charge in [-0.15, -0.1) is 0 Å². The van der Waals surface area contributed by atoms with Crippen molar-refractivity contribution >= 4 is 23.6 Å². The van der Waals surface area contributed by atoms with Gasteiger partial charge in [0.05, 0.1) is 18.5 Å². The molecule has 0 aromatic heterocycles. The van der Waals surface area contributed by atoms with E-state index in [1.165, 1.54) is 0 Å². The molecule has 0 radical (unpaired) electrons. The van der Waals surface area contributed by atoms with E-state index in [0.29, 0.717) is 50.1 Å². The van der Waals surface area contributed by atoms with E-state index in [0.717, 1.165) is 4.90 Å². The number of amides is 4. The van der Waals surface area contributed by atoms with Crippen LogP contribution in [0.1, 0.15) is 36.0 Å². The first-order valence-electron chi connectivity index (χ1n) is 9.15. The van der Waals surface area contributed by atoms with E-state index in [-0.39, 0.29) is 24.8 Å². The zero-order valence-electron chi connectivity index (χ0n) is 14.9. The Morgan fingerprint density at radius 2 is 1.96 bits per heavy atom. The topological polar surface area (TPSA) is 96.0 Å². The Labute approximate surface area is 156 Å². The first kappa shape index (κ1) is 17.5. The lowest BCUT2D eigenvalue weighted by Gasteiger charge is -2.37. The number of nitrogens with one attached hydrogen (secondary N) is 1. The predicted molar refractivity (Wildman–Crippen MR) is 94.3 cm³/mol. The lowest BCUT2D eigenvalue weighted by molar-refractivity contribution is -0.136. The second-order valence-corrected chi connectivity index (χ2v) is 7.25. The Bertz CT molecular complexity index is 807. The van der Waals surface area contributed by atoms with Crippen LogP contribution in [0.2, 0.25) is 0 Å². The third kappa shape index (κ3) is 3.27. The highest BCUT2D eigenvalue weighted by Gasteiger charge is 2.42. The molecule has 1 atom stereocenters. The van der Waals surface area contributed by atoms with Gasteiger partial charge in [0.2, 0.25) is 5.91 Å². The van der Waals surface area contributed by atoms with E-state index in [1.807, 2.05) is 12.1 Å². The van der Waals surface area contributed by atoms with Crippen molar-refractivity contribution in [3.05, 3.63) is 29.8 Å². The summed E-state index contributed by atoms with van der Waals surface area (Å²) in [5.41, 5.74) is 0.0141. The predicted octanol–water partition coefficient (Wildman–Crippen LogP) is 0.955. The highest BCUT2D eigenvalue weighted by Crippen LogP contribution is 2.39. The van der Waals surface area contributed by atoms with Crippen molar-refractivity contribution in [3.63, 3.8) is 0 Å². The maximum atomic E-state index is 12.6. The molecule has 0 bridgehead atoms. The summed E-state index contributed by atoms with van der Waals surface area (Å²) < 4.78 is 6.22. The molecule has 2 fully saturated rings. The molecule has 3 aliphatic rings. The zero-order valence-corrected chi connectivity index (χ0v) is 14.9. The summed E-state index contributed by atoms with van der Waals surface area (Å²) in [6.45, 7) is 0.631. The molecule has 8 nitrogen and oxygen atoms in total. The largest absolute Gasteiger partial charge is 0.486 e. The van der Waals surface area contributed by atoms with Gasteiger partial charge in [-0.3, -0.25) is 19.3 Å². The third-order valence-electron chi connectivity index (χ3n) is 5.48. The van der Waals surface area contributed by atoms with Gasteiger partial charge in [-0.05, 0) is 25.0 Å². The van der Waals surface area contributed by atoms with Gasteiger partial charge in [-0.2, -0.15) is 0 Å². The van der Waals surface area contributed by atoms with Crippen molar-refractivity contribution < 1.29 is 23.9 Å². The summed E-state index contributed by atoms with van der Waals surface area (Å²) >= 11 is 0. The van der Waals surface area contributed by atoms with E-state index in [2.05, 4.69) is 5.32 Å². The Morgan fingerprint density at radius 3 is 2.74 bits per heavy atom. The molecule has 1 aromatic rings. The molecule has 27 heavy (non-hydrogen) atoms. The number of Topliss-reactive ketones (excluding diaryl/α,β-unsaturated/α-hetero) is 1. The van der Waals surface area contributed by atoms with Crippen molar-refractivity contribution in [2.45, 2.75) is 31.3 Å². The van der Waals surface area contributed by atoms with Gasteiger partial charge in [-0.25, -0.2) is 4.79 Å². The smallest absolute Gasteiger partial charge is 0.325 e. The average Bonchev–Trinajstić information content (AvgIpc) is 2.84. The molecular formula is C19H21N3O5. The molecule has 4 rings (SSSR count). The highest BCUT2D eigenvalue weighted by atomic mass is 16.5. The number of carbonyl (C=O) groups is 4. The minimum atomic E-state index is -0.596. The van der Waals surface area contributed by atoms with E-state index >= 15 is 0 Å². The van der Waals surface area contributed by atoms with E-state index in [4.69, 9.17) is 4.74 Å². The van der Waals surface area contributed by atoms with Crippen LogP contribution < -0.4 is 10.1 Å². The van der Waals surface area contributed by atoms with Crippen LogP contribution in [0.25, 0.3) is 0 Å². The zero-order chi connectivity index (χ0) is 19.0. The van der Waals surface area contributed by atoms with Crippen LogP contribution in [0, 0.1) is 0 Å². The maximum absolute atomic E-state index is 12.6. The average molecular weight is 371 g/mol. The number of fused-ring (bicyclic) bond motifs is 1. The fourth-order valence-electron chi connectivity index (χ4n) is 3.99. The van der Waals surface area contributed by atoms with Gasteiger partial charge >= 0.3 is 6.03 Å². The van der Waals surface area contributed by atoms with Gasteiger partial charge in [-0.1, -0.05) is 12.1 Å². The van der Waals surface area contributed by atoms with Crippen molar-refractivity contribution in [2.24, 2.45) is 0 Å². The van der Waals surface area contributed by atoms with Crippen molar-refractivity contribution in [1.29, 1.82) is 0 Å². The van der Waals surface area contributed by atoms with E-state index < -0.39 is 17.5 Å². The minimum Gasteiger partial charge on any atom is -0.486 e. The number of ketones is 1. The van der Waals surface area contributed by atoms with Crippen LogP contribution in [-0.4, -0.2) is 65.2 Å². The molecule has 1 aromatic carbocycles. The fourth-order valence-corrected chi connectivity index (χ4v) is 3.99. The summed E-state index contributed by atoms with van der Waals surface area (Å²) in [5.74, 6) is 0.0151. The summed E-state index contributed by atoms with van der Waals surface area (Å²) in [4.78, 5) is 51.0. The van der Waals surface area contributed by atoms with Crippen LogP contribution >= 0.6 is 0 Å². The van der Waals surface area contributed by atoms with Crippen molar-refractivity contribution in [1.82, 2.24) is 15.1 Å². The molecular weight excluding hydrogens is 350 g/mol. The first-order chi connectivity index (χ1) is 13.0. The third-order valence-corrected chi connectivity index (χ3v) is 5.48. The highest BCUT2D eigenvalue weighted by molar-refractivity contribution is 6.04. The molecule has 0 aliphatic carbocycles. The minimum absolute atomic E-state index is 0.0649. The lowest BCUT2D eigenvalue weighted by Crippen LogP contribution is -2.45. The van der Waals surface area contributed by atoms with Gasteiger partial charge in [0, 0.05) is 19.5 Å². The summed E-state index contributed by atoms with van der Waals surface area (Å²) in [7, 11) is 0. The number of nitrogens with zero attached hydrogens (tertiary/aromatic N) is 2. The SMILES string of the molecule is O=C1CC2(CCCN(C(=O)CN3C(=O)CNC3=O)CC2)Oc2ccccc21. The lowest BCUT2D eigenvalue weighted by atomic mass is 9.84. The molecule has 4 amide bonds. The molecule has 1 spiro atoms. The number of para-hydroxylation sites is 1. The number of imide groups is 1. The molecule has 8 heteroatoms. The van der Waals surface area contributed by atoms with Crippen LogP contribution in [-0.2, 0) is 9.59 Å². The summed E-state index contributed by atoms with van der Waals surface area (Å²) in [5, 5.41) is 2.41. The number of rotatable bonds is 2. The molecule has 2 saturated heterocycles. The number of ether oxygens (including phenoxy) is 1. The summed E-state index contributed by atoms with van der Waals surface area (Å²) in [6.07, 6.45) is 2.22. The Balaban J connectivity index is 1.44. The van der Waals surface area contributed by atoms with Crippen molar-refractivity contribution in [2.75, 3.05) is 26.2 Å². The number of hydrogen-bond donors (Lipinski definition) is 1. The monoisotopic (exact) mass is 371 g/mol. The van der Waals surface area contributed by atoms with E-state index in [9.17, 15) is 19.2 Å². The molecule has 1 unspecified atom stereocenters. The van der Waals surface area contributed by atoms with Crippen LogP contribution in [0.5, 0.6) is 5.75 Å². The Kier molecular flexibility index (Phi) is 4.33. The number of benzene rings is 1. The number of urea groups is 1. The number of likely N-dealkylation sites (tertiary alicyclic amines) is 1. The molecule has 3 aliphatic heterocycles. The van der Waals surface area contributed by atoms with Crippen LogP contribution in [0.4, 0.5) is 4.79 Å². The van der Waals surface area contributed by atoms with Gasteiger partial charge in [0.1, 0.15) is 17.9 Å². The maximum Gasteiger partial charge on any atom is 0.325 e. The van der Waals surface area contributed by atoms with Crippen LogP contribution in [0.3, 0.4) is 0 Å². The quantitative estimate of drug-likeness (QED) is 0.781. The summed E-state index contributed by atoms with van der Waals surface area (Å²) in [6, 6.07) is 6.71. The first-order valence-corrected chi connectivity index (χ1v) is 9.15. The fraction of sp³-hybridized carbons (Fsp3) is 0.474. The Hall–Kier alpha value is -2.90. The molecule has 0 saturated carbocycles. The van der Waals surface area contributed by atoms with Gasteiger partial charge in [0.25, 0.3) is 5.91 Å². The van der Waals surface area contributed by atoms with Crippen LogP contribution in [0.15, 0.2) is 24.3 Å². The number of carbonyl (C=O) groups excluding carboxylic acids is 4. The van der Waals surface area contributed by atoms with Crippen molar-refractivity contribution in [3.8, 4) is 5.75 Å². The molecule has 142 valence electrons. The number of hydrogen-bond acceptors (Lipinski definition) is 5. The van der Waals surface area contributed by atoms with Gasteiger partial charge < -0.3 is 15.0 Å². The second-order valence-electron chi connectivity index (χ2n) is 7.25. The molecule has 1 N–H and O–H groups in total. The van der Waals surface area contributed by atoms with E-state index in [1.54, 1.807) is 17.0 Å². The molecule has 3 heterocycles. The van der Waals surface area contributed by atoms with Gasteiger partial charge in [0.15, 0.2) is 5.78 Å². The second kappa shape index (κ2) is 6.68. The normalized spacial score (nSPS) is 25.1.